The van der Waals surface area contributed by atoms with E-state index in [4.69, 9.17) is 10.2 Å². The minimum absolute atomic E-state index is 0.198. The van der Waals surface area contributed by atoms with Crippen molar-refractivity contribution < 1.29 is 4.43 Å². The second-order valence-electron chi connectivity index (χ2n) is 2.99. The molecule has 13 heavy (non-hydrogen) atoms. The highest BCUT2D eigenvalue weighted by atomic mass is 28.2. The van der Waals surface area contributed by atoms with Crippen LogP contribution >= 0.6 is 0 Å². The molecule has 0 unspecified atom stereocenters. The Morgan fingerprint density at radius 3 is 2.46 bits per heavy atom. The van der Waals surface area contributed by atoms with Gasteiger partial charge in [0, 0.05) is 33.3 Å². The Bertz CT molecular complexity index is 85.5. The molecule has 0 atom stereocenters. The van der Waals surface area contributed by atoms with Crippen LogP contribution in [0.1, 0.15) is 6.42 Å². The van der Waals surface area contributed by atoms with Crippen molar-refractivity contribution in [1.29, 1.82) is 0 Å². The molecule has 0 aliphatic heterocycles. The van der Waals surface area contributed by atoms with E-state index in [0.29, 0.717) is 0 Å². The number of nitrogens with two attached hydrogens (primary N) is 1. The van der Waals surface area contributed by atoms with E-state index in [2.05, 4.69) is 10.6 Å². The maximum atomic E-state index is 5.33. The van der Waals surface area contributed by atoms with Crippen molar-refractivity contribution in [1.82, 2.24) is 10.6 Å². The first-order valence-corrected chi connectivity index (χ1v) is 6.60. The van der Waals surface area contributed by atoms with Gasteiger partial charge in [0.25, 0.3) is 0 Å². The van der Waals surface area contributed by atoms with Gasteiger partial charge in [0.1, 0.15) is 0 Å². The Morgan fingerprint density at radius 2 is 1.85 bits per heavy atom. The van der Waals surface area contributed by atoms with Gasteiger partial charge in [-0.25, -0.2) is 0 Å². The van der Waals surface area contributed by atoms with Gasteiger partial charge >= 0.3 is 0 Å². The molecule has 0 heterocycles. The third kappa shape index (κ3) is 12.1. The van der Waals surface area contributed by atoms with Crippen LogP contribution in [0.3, 0.4) is 0 Å². The number of hydrogen-bond acceptors (Lipinski definition) is 4. The summed E-state index contributed by atoms with van der Waals surface area (Å²) < 4.78 is 5.09. The van der Waals surface area contributed by atoms with Gasteiger partial charge in [0.2, 0.25) is 0 Å². The van der Waals surface area contributed by atoms with Gasteiger partial charge in [-0.2, -0.15) is 0 Å². The maximum Gasteiger partial charge on any atom is 0.161 e. The van der Waals surface area contributed by atoms with Crippen LogP contribution in [0.15, 0.2) is 0 Å². The first-order valence-electron chi connectivity index (χ1n) is 5.02. The highest BCUT2D eigenvalue weighted by Crippen LogP contribution is 1.85. The summed E-state index contributed by atoms with van der Waals surface area (Å²) in [7, 11) is 1.60. The molecule has 0 aromatic rings. The lowest BCUT2D eigenvalue weighted by molar-refractivity contribution is 0.439. The monoisotopic (exact) mass is 205 g/mol. The fourth-order valence-corrected chi connectivity index (χ4v) is 1.77. The van der Waals surface area contributed by atoms with Gasteiger partial charge < -0.3 is 20.8 Å². The van der Waals surface area contributed by atoms with E-state index in [0.717, 1.165) is 32.7 Å². The second-order valence-corrected chi connectivity index (χ2v) is 4.68. The summed E-state index contributed by atoms with van der Waals surface area (Å²) >= 11 is 0. The molecule has 0 amide bonds. The Balaban J connectivity index is 2.76. The average Bonchev–Trinajstić information content (AvgIpc) is 2.16. The molecule has 80 valence electrons. The Hall–Kier alpha value is 0.0569. The molecule has 0 aromatic carbocycles. The molecule has 0 aliphatic rings. The summed E-state index contributed by atoms with van der Waals surface area (Å²) in [6, 6.07) is 1.28. The Morgan fingerprint density at radius 1 is 1.15 bits per heavy atom. The first kappa shape index (κ1) is 13.1. The molecule has 0 bridgehead atoms. The van der Waals surface area contributed by atoms with Gasteiger partial charge in [0.15, 0.2) is 9.76 Å². The zero-order chi connectivity index (χ0) is 9.78. The predicted molar refractivity (Wildman–Crippen MR) is 59.8 cm³/mol. The highest BCUT2D eigenvalue weighted by Gasteiger charge is 1.89. The van der Waals surface area contributed by atoms with E-state index in [1.165, 1.54) is 12.5 Å². The summed E-state index contributed by atoms with van der Waals surface area (Å²) in [5.41, 5.74) is 5.33. The Kier molecular flexibility index (Phi) is 12.1. The zero-order valence-electron chi connectivity index (χ0n) is 8.64. The summed E-state index contributed by atoms with van der Waals surface area (Å²) in [6.07, 6.45) is 1.25. The van der Waals surface area contributed by atoms with Crippen molar-refractivity contribution >= 4 is 9.76 Å². The summed E-state index contributed by atoms with van der Waals surface area (Å²) in [4.78, 5) is 0. The molecule has 0 saturated heterocycles. The van der Waals surface area contributed by atoms with Gasteiger partial charge in [-0.15, -0.1) is 0 Å². The lowest BCUT2D eigenvalue weighted by Crippen LogP contribution is -2.31. The van der Waals surface area contributed by atoms with Crippen molar-refractivity contribution in [3.8, 4) is 0 Å². The number of rotatable bonds is 10. The van der Waals surface area contributed by atoms with Crippen LogP contribution < -0.4 is 16.4 Å². The van der Waals surface area contributed by atoms with Crippen LogP contribution in [0.5, 0.6) is 0 Å². The topological polar surface area (TPSA) is 59.3 Å². The summed E-state index contributed by atoms with van der Waals surface area (Å²) in [5.74, 6) is 0. The fourth-order valence-electron chi connectivity index (χ4n) is 1.03. The molecular formula is C8H23N3OSi. The van der Waals surface area contributed by atoms with Crippen LogP contribution in [0, 0.1) is 0 Å². The molecule has 4 nitrogen and oxygen atoms in total. The van der Waals surface area contributed by atoms with E-state index in [9.17, 15) is 0 Å². The van der Waals surface area contributed by atoms with E-state index >= 15 is 0 Å². The van der Waals surface area contributed by atoms with Crippen LogP contribution in [-0.2, 0) is 4.43 Å². The van der Waals surface area contributed by atoms with Gasteiger partial charge in [-0.05, 0) is 19.0 Å². The quantitative estimate of drug-likeness (QED) is 0.305. The molecule has 4 N–H and O–H groups in total. The lowest BCUT2D eigenvalue weighted by Gasteiger charge is -2.04. The smallest absolute Gasteiger partial charge is 0.161 e. The summed E-state index contributed by atoms with van der Waals surface area (Å²) in [5, 5.41) is 6.60. The van der Waals surface area contributed by atoms with Crippen molar-refractivity contribution in [2.45, 2.75) is 12.5 Å². The fraction of sp³-hybridized carbons (Fsp3) is 1.00. The van der Waals surface area contributed by atoms with Crippen LogP contribution in [-0.4, -0.2) is 49.6 Å². The molecule has 0 radical (unpaired) electrons. The normalized spacial score (nSPS) is 11.5. The first-order chi connectivity index (χ1) is 6.41. The molecule has 0 aromatic heterocycles. The number of nitrogens with one attached hydrogen (secondary N) is 2. The zero-order valence-corrected chi connectivity index (χ0v) is 10.1. The van der Waals surface area contributed by atoms with Gasteiger partial charge in [-0.3, -0.25) is 0 Å². The third-order valence-corrected chi connectivity index (χ3v) is 2.95. The Labute approximate surface area is 83.5 Å². The SMILES string of the molecule is CO[SiH2]CCCNCCNCCN. The lowest BCUT2D eigenvalue weighted by atomic mass is 10.4. The maximum absolute atomic E-state index is 5.33. The van der Waals surface area contributed by atoms with Gasteiger partial charge in [0.05, 0.1) is 0 Å². The standard InChI is InChI=1S/C8H23N3OSi/c1-12-13-8-2-4-10-6-7-11-5-3-9/h10-11H,2-9,13H2,1H3. The largest absolute Gasteiger partial charge is 0.427 e. The van der Waals surface area contributed by atoms with E-state index in [1.807, 2.05) is 0 Å². The highest BCUT2D eigenvalue weighted by molar-refractivity contribution is 6.26. The van der Waals surface area contributed by atoms with Crippen molar-refractivity contribution in [3.63, 3.8) is 0 Å². The molecule has 5 heteroatoms. The molecule has 0 rings (SSSR count). The molecule has 0 saturated carbocycles. The van der Waals surface area contributed by atoms with Crippen LogP contribution in [0.4, 0.5) is 0 Å². The second kappa shape index (κ2) is 12.1. The number of hydrogen-bond donors (Lipinski definition) is 3. The molecule has 0 fully saturated rings. The minimum Gasteiger partial charge on any atom is -0.427 e. The van der Waals surface area contributed by atoms with E-state index in [1.54, 1.807) is 7.11 Å². The molecule has 0 aliphatic carbocycles. The molecular weight excluding hydrogens is 182 g/mol. The van der Waals surface area contributed by atoms with Gasteiger partial charge in [-0.1, -0.05) is 0 Å². The van der Waals surface area contributed by atoms with Crippen molar-refractivity contribution in [2.24, 2.45) is 5.73 Å². The summed E-state index contributed by atoms with van der Waals surface area (Å²) in [6.45, 7) is 4.80. The van der Waals surface area contributed by atoms with Crippen LogP contribution in [0.2, 0.25) is 6.04 Å². The van der Waals surface area contributed by atoms with E-state index < -0.39 is 0 Å². The third-order valence-electron chi connectivity index (χ3n) is 1.75. The predicted octanol–water partition coefficient (Wildman–Crippen LogP) is -1.34. The molecule has 0 spiro atoms. The average molecular weight is 205 g/mol. The van der Waals surface area contributed by atoms with Crippen molar-refractivity contribution in [3.05, 3.63) is 0 Å². The van der Waals surface area contributed by atoms with E-state index in [-0.39, 0.29) is 9.76 Å². The van der Waals surface area contributed by atoms with Crippen LogP contribution in [0.25, 0.3) is 0 Å². The minimum atomic E-state index is -0.198. The van der Waals surface area contributed by atoms with Crippen molar-refractivity contribution in [2.75, 3.05) is 39.8 Å².